The van der Waals surface area contributed by atoms with Crippen molar-refractivity contribution in [2.24, 2.45) is 0 Å². The topological polar surface area (TPSA) is 81.8 Å². The van der Waals surface area contributed by atoms with Gasteiger partial charge in [0.15, 0.2) is 0 Å². The summed E-state index contributed by atoms with van der Waals surface area (Å²) >= 11 is 0. The Morgan fingerprint density at radius 2 is 2.00 bits per heavy atom. The number of imide groups is 1. The average Bonchev–Trinajstić information content (AvgIpc) is 3.18. The number of urea groups is 1. The maximum atomic E-state index is 12.6. The molecule has 0 radical (unpaired) electrons. The number of nitrogens with zero attached hydrogens (tertiary/aromatic N) is 2. The zero-order chi connectivity index (χ0) is 15.7. The van der Waals surface area contributed by atoms with Crippen LogP contribution in [-0.2, 0) is 9.59 Å². The number of nitrogens with one attached hydrogen (secondary N) is 2. The van der Waals surface area contributed by atoms with E-state index in [1.54, 1.807) is 4.90 Å². The van der Waals surface area contributed by atoms with Gasteiger partial charge >= 0.3 is 6.03 Å². The van der Waals surface area contributed by atoms with Gasteiger partial charge in [0.1, 0.15) is 12.1 Å². The van der Waals surface area contributed by atoms with Crippen LogP contribution in [0.5, 0.6) is 0 Å². The van der Waals surface area contributed by atoms with Crippen LogP contribution in [0.15, 0.2) is 0 Å². The molecule has 2 heterocycles. The Balaban J connectivity index is 0.00000192. The van der Waals surface area contributed by atoms with Gasteiger partial charge in [0.25, 0.3) is 5.91 Å². The van der Waals surface area contributed by atoms with E-state index in [1.165, 1.54) is 0 Å². The first-order valence-corrected chi connectivity index (χ1v) is 8.15. The molecule has 0 aromatic rings. The van der Waals surface area contributed by atoms with Gasteiger partial charge < -0.3 is 15.5 Å². The summed E-state index contributed by atoms with van der Waals surface area (Å²) < 4.78 is 0. The molecule has 1 spiro atoms. The first kappa shape index (κ1) is 18.0. The van der Waals surface area contributed by atoms with E-state index in [4.69, 9.17) is 0 Å². The van der Waals surface area contributed by atoms with E-state index in [0.717, 1.165) is 37.1 Å². The third-order valence-electron chi connectivity index (χ3n) is 5.13. The Morgan fingerprint density at radius 1 is 1.30 bits per heavy atom. The highest BCUT2D eigenvalue weighted by atomic mass is 35.5. The van der Waals surface area contributed by atoms with E-state index in [-0.39, 0.29) is 36.8 Å². The van der Waals surface area contributed by atoms with E-state index >= 15 is 0 Å². The van der Waals surface area contributed by atoms with E-state index in [2.05, 4.69) is 10.6 Å². The van der Waals surface area contributed by atoms with Crippen LogP contribution in [0.2, 0.25) is 0 Å². The molecule has 1 atom stereocenters. The lowest BCUT2D eigenvalue weighted by Crippen LogP contribution is -2.48. The van der Waals surface area contributed by atoms with Gasteiger partial charge in [-0.25, -0.2) is 4.79 Å². The van der Waals surface area contributed by atoms with Gasteiger partial charge in [-0.3, -0.25) is 14.5 Å². The molecule has 7 nitrogen and oxygen atoms in total. The largest absolute Gasteiger partial charge is 0.337 e. The molecule has 1 aliphatic carbocycles. The SMILES string of the molecule is CNCC1CCCN1C(=O)CN1C(=O)NC2(CCCC2)C1=O.Cl. The van der Waals surface area contributed by atoms with E-state index < -0.39 is 11.6 Å². The molecule has 2 aliphatic heterocycles. The molecule has 2 N–H and O–H groups in total. The molecule has 3 fully saturated rings. The van der Waals surface area contributed by atoms with E-state index in [0.29, 0.717) is 19.4 Å². The highest BCUT2D eigenvalue weighted by Gasteiger charge is 2.53. The second-order valence-corrected chi connectivity index (χ2v) is 6.55. The quantitative estimate of drug-likeness (QED) is 0.727. The summed E-state index contributed by atoms with van der Waals surface area (Å²) in [5, 5.41) is 5.91. The predicted molar refractivity (Wildman–Crippen MR) is 87.4 cm³/mol. The fourth-order valence-corrected chi connectivity index (χ4v) is 3.98. The second kappa shape index (κ2) is 7.05. The van der Waals surface area contributed by atoms with Gasteiger partial charge in [-0.05, 0) is 32.7 Å². The molecule has 4 amide bonds. The van der Waals surface area contributed by atoms with Crippen molar-refractivity contribution in [3.63, 3.8) is 0 Å². The Morgan fingerprint density at radius 3 is 2.65 bits per heavy atom. The molecule has 0 aromatic heterocycles. The standard InChI is InChI=1S/C15H24N4O3.ClH/c1-16-9-11-5-4-8-18(11)12(20)10-19-13(21)15(17-14(19)22)6-2-3-7-15;/h11,16H,2-10H2,1H3,(H,17,22);1H. The summed E-state index contributed by atoms with van der Waals surface area (Å²) in [4.78, 5) is 40.1. The number of amides is 4. The van der Waals surface area contributed by atoms with Gasteiger partial charge in [0.05, 0.1) is 0 Å². The lowest BCUT2D eigenvalue weighted by atomic mass is 9.98. The van der Waals surface area contributed by atoms with Gasteiger partial charge in [-0.2, -0.15) is 0 Å². The minimum atomic E-state index is -0.729. The summed E-state index contributed by atoms with van der Waals surface area (Å²) in [7, 11) is 1.86. The van der Waals surface area contributed by atoms with Crippen molar-refractivity contribution in [1.29, 1.82) is 0 Å². The Labute approximate surface area is 142 Å². The molecular formula is C15H25ClN4O3. The molecule has 8 heteroatoms. The van der Waals surface area contributed by atoms with Crippen molar-refractivity contribution in [2.75, 3.05) is 26.7 Å². The highest BCUT2D eigenvalue weighted by Crippen LogP contribution is 2.35. The van der Waals surface area contributed by atoms with Gasteiger partial charge in [0.2, 0.25) is 5.91 Å². The molecular weight excluding hydrogens is 320 g/mol. The van der Waals surface area contributed by atoms with Crippen molar-refractivity contribution < 1.29 is 14.4 Å². The number of likely N-dealkylation sites (N-methyl/N-ethyl adjacent to an activating group) is 1. The fraction of sp³-hybridized carbons (Fsp3) is 0.800. The van der Waals surface area contributed by atoms with Crippen molar-refractivity contribution in [3.05, 3.63) is 0 Å². The third-order valence-corrected chi connectivity index (χ3v) is 5.13. The molecule has 2 saturated heterocycles. The first-order chi connectivity index (χ1) is 10.6. The number of likely N-dealkylation sites (tertiary alicyclic amines) is 1. The minimum absolute atomic E-state index is 0. The molecule has 1 unspecified atom stereocenters. The number of carbonyl (C=O) groups excluding carboxylic acids is 3. The van der Waals surface area contributed by atoms with E-state index in [1.807, 2.05) is 7.05 Å². The lowest BCUT2D eigenvalue weighted by Gasteiger charge is -2.26. The molecule has 1 saturated carbocycles. The number of hydrogen-bond acceptors (Lipinski definition) is 4. The van der Waals surface area contributed by atoms with Crippen LogP contribution in [0.4, 0.5) is 4.79 Å². The van der Waals surface area contributed by atoms with Crippen LogP contribution in [-0.4, -0.2) is 65.9 Å². The molecule has 3 aliphatic rings. The van der Waals surface area contributed by atoms with Gasteiger partial charge in [0, 0.05) is 19.1 Å². The first-order valence-electron chi connectivity index (χ1n) is 8.15. The van der Waals surface area contributed by atoms with Crippen LogP contribution >= 0.6 is 12.4 Å². The summed E-state index contributed by atoms with van der Waals surface area (Å²) in [5.41, 5.74) is -0.729. The zero-order valence-electron chi connectivity index (χ0n) is 13.5. The monoisotopic (exact) mass is 344 g/mol. The highest BCUT2D eigenvalue weighted by molar-refractivity contribution is 6.09. The Kier molecular flexibility index (Phi) is 5.52. The number of carbonyl (C=O) groups is 3. The summed E-state index contributed by atoms with van der Waals surface area (Å²) in [6.07, 6.45) is 5.22. The number of rotatable bonds is 4. The van der Waals surface area contributed by atoms with Crippen LogP contribution in [0.25, 0.3) is 0 Å². The normalized spacial score (nSPS) is 25.9. The lowest BCUT2D eigenvalue weighted by molar-refractivity contribution is -0.139. The maximum Gasteiger partial charge on any atom is 0.325 e. The number of hydrogen-bond donors (Lipinski definition) is 2. The van der Waals surface area contributed by atoms with Crippen LogP contribution in [0.1, 0.15) is 38.5 Å². The fourth-order valence-electron chi connectivity index (χ4n) is 3.98. The Hall–Kier alpha value is -1.34. The Bertz CT molecular complexity index is 493. The van der Waals surface area contributed by atoms with Crippen molar-refractivity contribution in [2.45, 2.75) is 50.1 Å². The summed E-state index contributed by atoms with van der Waals surface area (Å²) in [6.45, 7) is 1.32. The second-order valence-electron chi connectivity index (χ2n) is 6.55. The molecule has 0 aromatic carbocycles. The molecule has 130 valence electrons. The summed E-state index contributed by atoms with van der Waals surface area (Å²) in [6, 6.07) is -0.247. The number of halogens is 1. The molecule has 3 rings (SSSR count). The van der Waals surface area contributed by atoms with Gasteiger partial charge in [-0.15, -0.1) is 12.4 Å². The van der Waals surface area contributed by atoms with Crippen LogP contribution in [0, 0.1) is 0 Å². The van der Waals surface area contributed by atoms with Crippen molar-refractivity contribution in [1.82, 2.24) is 20.4 Å². The summed E-state index contributed by atoms with van der Waals surface area (Å²) in [5.74, 6) is -0.344. The smallest absolute Gasteiger partial charge is 0.325 e. The zero-order valence-corrected chi connectivity index (χ0v) is 14.3. The third kappa shape index (κ3) is 3.17. The molecule has 23 heavy (non-hydrogen) atoms. The van der Waals surface area contributed by atoms with Crippen molar-refractivity contribution in [3.8, 4) is 0 Å². The maximum absolute atomic E-state index is 12.6. The van der Waals surface area contributed by atoms with Crippen molar-refractivity contribution >= 4 is 30.3 Å². The average molecular weight is 345 g/mol. The predicted octanol–water partition coefficient (Wildman–Crippen LogP) is 0.483. The minimum Gasteiger partial charge on any atom is -0.337 e. The van der Waals surface area contributed by atoms with Crippen LogP contribution < -0.4 is 10.6 Å². The van der Waals surface area contributed by atoms with E-state index in [9.17, 15) is 14.4 Å². The molecule has 0 bridgehead atoms. The van der Waals surface area contributed by atoms with Gasteiger partial charge in [-0.1, -0.05) is 12.8 Å². The van der Waals surface area contributed by atoms with Crippen LogP contribution in [0.3, 0.4) is 0 Å².